The van der Waals surface area contributed by atoms with Crippen molar-refractivity contribution in [3.63, 3.8) is 0 Å². The number of carbonyl (C=O) groups excluding carboxylic acids is 1. The number of amides is 1. The van der Waals surface area contributed by atoms with Crippen LogP contribution in [0.15, 0.2) is 30.3 Å². The van der Waals surface area contributed by atoms with Crippen LogP contribution in [0.25, 0.3) is 0 Å². The van der Waals surface area contributed by atoms with Crippen molar-refractivity contribution in [1.29, 1.82) is 0 Å². The summed E-state index contributed by atoms with van der Waals surface area (Å²) < 4.78 is 69.3. The van der Waals surface area contributed by atoms with Crippen molar-refractivity contribution in [2.75, 3.05) is 5.75 Å². The minimum Gasteiger partial charge on any atom is -0.480 e. The van der Waals surface area contributed by atoms with Gasteiger partial charge in [0.25, 0.3) is 10.1 Å². The molecule has 11 heteroatoms. The minimum absolute atomic E-state index is 0.388. The molecule has 0 aromatic heterocycles. The van der Waals surface area contributed by atoms with Crippen molar-refractivity contribution in [2.24, 2.45) is 0 Å². The quantitative estimate of drug-likeness (QED) is 0.621. The molecule has 0 saturated carbocycles. The second kappa shape index (κ2) is 7.62. The molecule has 0 spiro atoms. The van der Waals surface area contributed by atoms with E-state index in [1.807, 2.05) is 0 Å². The first-order valence-electron chi connectivity index (χ1n) is 6.52. The second-order valence-electron chi connectivity index (χ2n) is 4.86. The fourth-order valence-corrected chi connectivity index (χ4v) is 2.45. The fraction of sp³-hybridized carbons (Fsp3) is 0.385. The average Bonchev–Trinajstić information content (AvgIpc) is 2.41. The van der Waals surface area contributed by atoms with Gasteiger partial charge in [0, 0.05) is 0 Å². The molecule has 1 rings (SSSR count). The van der Waals surface area contributed by atoms with Crippen LogP contribution in [0, 0.1) is 0 Å². The van der Waals surface area contributed by atoms with E-state index in [4.69, 9.17) is 9.66 Å². The highest BCUT2D eigenvalue weighted by molar-refractivity contribution is 7.85. The lowest BCUT2D eigenvalue weighted by Gasteiger charge is -2.22. The van der Waals surface area contributed by atoms with E-state index in [1.54, 1.807) is 5.32 Å². The normalized spacial score (nSPS) is 14.7. The summed E-state index contributed by atoms with van der Waals surface area (Å²) >= 11 is 0. The smallest absolute Gasteiger partial charge is 0.404 e. The van der Waals surface area contributed by atoms with Crippen LogP contribution in [0.2, 0.25) is 0 Å². The van der Waals surface area contributed by atoms with Crippen LogP contribution in [-0.2, 0) is 19.7 Å². The van der Waals surface area contributed by atoms with Crippen molar-refractivity contribution in [3.8, 4) is 0 Å². The number of halogens is 3. The molecule has 0 saturated heterocycles. The maximum atomic E-state index is 13.1. The molecule has 134 valence electrons. The zero-order valence-corrected chi connectivity index (χ0v) is 12.8. The van der Waals surface area contributed by atoms with Gasteiger partial charge in [-0.25, -0.2) is 4.79 Å². The number of rotatable bonds is 7. The Morgan fingerprint density at radius 3 is 2.12 bits per heavy atom. The molecule has 0 fully saturated rings. The molecule has 24 heavy (non-hydrogen) atoms. The van der Waals surface area contributed by atoms with Gasteiger partial charge in [-0.15, -0.1) is 0 Å². The van der Waals surface area contributed by atoms with Crippen LogP contribution in [0.5, 0.6) is 0 Å². The zero-order valence-electron chi connectivity index (χ0n) is 12.0. The maximum absolute atomic E-state index is 13.1. The molecule has 0 radical (unpaired) electrons. The summed E-state index contributed by atoms with van der Waals surface area (Å²) in [5.41, 5.74) is -0.388. The van der Waals surface area contributed by atoms with Crippen molar-refractivity contribution >= 4 is 22.0 Å². The van der Waals surface area contributed by atoms with E-state index in [-0.39, 0.29) is 5.56 Å². The van der Waals surface area contributed by atoms with Gasteiger partial charge in [0.15, 0.2) is 5.92 Å². The summed E-state index contributed by atoms with van der Waals surface area (Å²) in [6.45, 7) is 0. The van der Waals surface area contributed by atoms with Gasteiger partial charge < -0.3 is 10.4 Å². The van der Waals surface area contributed by atoms with Crippen molar-refractivity contribution in [2.45, 2.75) is 24.6 Å². The molecular weight excluding hydrogens is 355 g/mol. The molecule has 0 bridgehead atoms. The van der Waals surface area contributed by atoms with E-state index in [2.05, 4.69) is 0 Å². The van der Waals surface area contributed by atoms with E-state index < -0.39 is 52.3 Å². The number of carboxylic acids is 1. The zero-order chi connectivity index (χ0) is 18.5. The third-order valence-electron chi connectivity index (χ3n) is 3.00. The summed E-state index contributed by atoms with van der Waals surface area (Å²) in [6.07, 6.45) is -5.75. The number of nitrogens with one attached hydrogen (secondary N) is 1. The molecule has 0 aliphatic rings. The van der Waals surface area contributed by atoms with Gasteiger partial charge in [-0.05, 0) is 12.0 Å². The summed E-state index contributed by atoms with van der Waals surface area (Å²) in [7, 11) is -4.53. The topological polar surface area (TPSA) is 121 Å². The van der Waals surface area contributed by atoms with Crippen molar-refractivity contribution in [1.82, 2.24) is 5.32 Å². The Morgan fingerprint density at radius 1 is 1.17 bits per heavy atom. The van der Waals surface area contributed by atoms with E-state index in [0.717, 1.165) is 12.1 Å². The Balaban J connectivity index is 2.99. The highest BCUT2D eigenvalue weighted by atomic mass is 32.2. The predicted octanol–water partition coefficient (Wildman–Crippen LogP) is 1.18. The van der Waals surface area contributed by atoms with Gasteiger partial charge in [-0.2, -0.15) is 21.6 Å². The monoisotopic (exact) mass is 369 g/mol. The Bertz CT molecular complexity index is 689. The number of hydrogen-bond donors (Lipinski definition) is 3. The van der Waals surface area contributed by atoms with Crippen molar-refractivity contribution in [3.05, 3.63) is 35.9 Å². The van der Waals surface area contributed by atoms with Gasteiger partial charge in [0.1, 0.15) is 6.04 Å². The third-order valence-corrected chi connectivity index (χ3v) is 3.75. The molecular formula is C13H14F3NO6S. The third kappa shape index (κ3) is 6.16. The Kier molecular flexibility index (Phi) is 6.32. The largest absolute Gasteiger partial charge is 0.480 e. The SMILES string of the molecule is O=C(N[C@@H](CCS(=O)(=O)O)C(=O)O)C(c1ccccc1)C(F)(F)F. The van der Waals surface area contributed by atoms with E-state index >= 15 is 0 Å². The van der Waals surface area contributed by atoms with Gasteiger partial charge in [-0.1, -0.05) is 30.3 Å². The first-order valence-corrected chi connectivity index (χ1v) is 8.12. The standard InChI is InChI=1S/C13H14F3NO6S/c14-13(15,16)10(8-4-2-1-3-5-8)11(18)17-9(12(19)20)6-7-24(21,22)23/h1-5,9-10H,6-7H2,(H,17,18)(H,19,20)(H,21,22,23)/t9-,10?/m0/s1. The molecule has 1 unspecified atom stereocenters. The first kappa shape index (κ1) is 19.9. The number of hydrogen-bond acceptors (Lipinski definition) is 4. The van der Waals surface area contributed by atoms with Crippen LogP contribution in [0.4, 0.5) is 13.2 Å². The molecule has 0 aliphatic heterocycles. The Morgan fingerprint density at radius 2 is 1.71 bits per heavy atom. The molecule has 7 nitrogen and oxygen atoms in total. The molecule has 0 aliphatic carbocycles. The molecule has 0 heterocycles. The predicted molar refractivity (Wildman–Crippen MR) is 75.8 cm³/mol. The number of aliphatic carboxylic acids is 1. The maximum Gasteiger partial charge on any atom is 0.404 e. The van der Waals surface area contributed by atoms with Crippen LogP contribution >= 0.6 is 0 Å². The lowest BCUT2D eigenvalue weighted by Crippen LogP contribution is -2.46. The van der Waals surface area contributed by atoms with E-state index in [0.29, 0.717) is 0 Å². The number of alkyl halides is 3. The average molecular weight is 369 g/mol. The summed E-state index contributed by atoms with van der Waals surface area (Å²) in [5, 5.41) is 10.6. The van der Waals surface area contributed by atoms with Crippen LogP contribution in [-0.4, -0.2) is 47.9 Å². The first-order chi connectivity index (χ1) is 10.9. The number of carbonyl (C=O) groups is 2. The number of carboxylic acid groups (broad SMARTS) is 1. The van der Waals surface area contributed by atoms with Gasteiger partial charge in [-0.3, -0.25) is 9.35 Å². The Labute approximate surface area is 135 Å². The molecule has 1 amide bonds. The Hall–Kier alpha value is -2.14. The highest BCUT2D eigenvalue weighted by Gasteiger charge is 2.46. The number of benzene rings is 1. The molecule has 3 N–H and O–H groups in total. The van der Waals surface area contributed by atoms with Crippen LogP contribution in [0.1, 0.15) is 17.9 Å². The fourth-order valence-electron chi connectivity index (χ4n) is 1.91. The summed E-state index contributed by atoms with van der Waals surface area (Å²) in [5.74, 6) is -6.98. The minimum atomic E-state index is -4.97. The van der Waals surface area contributed by atoms with Gasteiger partial charge in [0.05, 0.1) is 5.75 Å². The lowest BCUT2D eigenvalue weighted by molar-refractivity contribution is -0.166. The second-order valence-corrected chi connectivity index (χ2v) is 6.43. The molecule has 1 aromatic rings. The van der Waals surface area contributed by atoms with Crippen LogP contribution in [0.3, 0.4) is 0 Å². The van der Waals surface area contributed by atoms with Crippen molar-refractivity contribution < 1.29 is 40.8 Å². The van der Waals surface area contributed by atoms with Gasteiger partial charge in [0.2, 0.25) is 5.91 Å². The summed E-state index contributed by atoms with van der Waals surface area (Å²) in [4.78, 5) is 22.9. The highest BCUT2D eigenvalue weighted by Crippen LogP contribution is 2.35. The lowest BCUT2D eigenvalue weighted by atomic mass is 9.97. The molecule has 1 aromatic carbocycles. The van der Waals surface area contributed by atoms with Gasteiger partial charge >= 0.3 is 12.1 Å². The summed E-state index contributed by atoms with van der Waals surface area (Å²) in [6, 6.07) is 4.24. The van der Waals surface area contributed by atoms with E-state index in [1.165, 1.54) is 18.2 Å². The molecule has 2 atom stereocenters. The van der Waals surface area contributed by atoms with E-state index in [9.17, 15) is 31.2 Å². The van der Waals surface area contributed by atoms with Crippen LogP contribution < -0.4 is 5.32 Å².